The van der Waals surface area contributed by atoms with Gasteiger partial charge in [-0.05, 0) is 25.5 Å². The Kier molecular flexibility index (Phi) is 6.40. The molecule has 4 rings (SSSR count). The number of hydrogen-bond acceptors (Lipinski definition) is 5. The molecule has 1 aliphatic heterocycles. The summed E-state index contributed by atoms with van der Waals surface area (Å²) < 4.78 is 34.4. The molecule has 1 aliphatic rings. The number of rotatable bonds is 6. The SMILES string of the molecule is Cc1nn(CC(=O)Nc2ccccc2-c2ccccc2)c(C)c1S(=O)(=O)N1CCOCC1. The van der Waals surface area contributed by atoms with Crippen molar-refractivity contribution >= 4 is 21.6 Å². The smallest absolute Gasteiger partial charge is 0.246 e. The number of sulfonamides is 1. The number of ether oxygens (including phenoxy) is 1. The predicted octanol–water partition coefficient (Wildman–Crippen LogP) is 2.83. The maximum atomic E-state index is 13.1. The van der Waals surface area contributed by atoms with Crippen molar-refractivity contribution in [2.45, 2.75) is 25.3 Å². The summed E-state index contributed by atoms with van der Waals surface area (Å²) in [5.41, 5.74) is 3.41. The highest BCUT2D eigenvalue weighted by Crippen LogP contribution is 2.28. The number of aromatic nitrogens is 2. The van der Waals surface area contributed by atoms with Crippen molar-refractivity contribution in [1.29, 1.82) is 0 Å². The van der Waals surface area contributed by atoms with Crippen LogP contribution in [0.5, 0.6) is 0 Å². The Morgan fingerprint density at radius 1 is 1.03 bits per heavy atom. The van der Waals surface area contributed by atoms with Gasteiger partial charge in [0.2, 0.25) is 15.9 Å². The lowest BCUT2D eigenvalue weighted by molar-refractivity contribution is -0.116. The molecule has 0 radical (unpaired) electrons. The minimum absolute atomic E-state index is 0.0889. The highest BCUT2D eigenvalue weighted by Gasteiger charge is 2.32. The monoisotopic (exact) mass is 454 g/mol. The van der Waals surface area contributed by atoms with Gasteiger partial charge in [0, 0.05) is 24.3 Å². The number of carbonyl (C=O) groups is 1. The van der Waals surface area contributed by atoms with Crippen molar-refractivity contribution < 1.29 is 17.9 Å². The molecule has 1 fully saturated rings. The van der Waals surface area contributed by atoms with Gasteiger partial charge < -0.3 is 10.1 Å². The van der Waals surface area contributed by atoms with Crippen molar-refractivity contribution in [3.05, 3.63) is 66.0 Å². The second-order valence-electron chi connectivity index (χ2n) is 7.63. The van der Waals surface area contributed by atoms with E-state index >= 15 is 0 Å². The van der Waals surface area contributed by atoms with Crippen LogP contribution in [0, 0.1) is 13.8 Å². The fourth-order valence-electron chi connectivity index (χ4n) is 3.91. The summed E-state index contributed by atoms with van der Waals surface area (Å²) in [6.07, 6.45) is 0. The number of aryl methyl sites for hydroxylation is 1. The molecule has 9 heteroatoms. The fourth-order valence-corrected chi connectivity index (χ4v) is 5.69. The predicted molar refractivity (Wildman–Crippen MR) is 122 cm³/mol. The van der Waals surface area contributed by atoms with Gasteiger partial charge in [0.25, 0.3) is 0 Å². The molecule has 1 amide bonds. The van der Waals surface area contributed by atoms with Crippen molar-refractivity contribution in [1.82, 2.24) is 14.1 Å². The number of carbonyl (C=O) groups excluding carboxylic acids is 1. The minimum Gasteiger partial charge on any atom is -0.379 e. The van der Waals surface area contributed by atoms with Crippen LogP contribution in [0.4, 0.5) is 5.69 Å². The first kappa shape index (κ1) is 22.2. The molecular weight excluding hydrogens is 428 g/mol. The molecule has 1 aromatic heterocycles. The van der Waals surface area contributed by atoms with E-state index in [1.54, 1.807) is 13.8 Å². The zero-order valence-corrected chi connectivity index (χ0v) is 18.9. The van der Waals surface area contributed by atoms with Crippen LogP contribution in [0.2, 0.25) is 0 Å². The first-order valence-electron chi connectivity index (χ1n) is 10.4. The first-order valence-corrected chi connectivity index (χ1v) is 11.9. The highest BCUT2D eigenvalue weighted by molar-refractivity contribution is 7.89. The number of morpholine rings is 1. The van der Waals surface area contributed by atoms with Gasteiger partial charge in [0.1, 0.15) is 11.4 Å². The molecule has 8 nitrogen and oxygen atoms in total. The van der Waals surface area contributed by atoms with Crippen LogP contribution < -0.4 is 5.32 Å². The van der Waals surface area contributed by atoms with E-state index in [2.05, 4.69) is 10.4 Å². The molecule has 32 heavy (non-hydrogen) atoms. The highest BCUT2D eigenvalue weighted by atomic mass is 32.2. The van der Waals surface area contributed by atoms with E-state index in [1.807, 2.05) is 54.6 Å². The molecule has 0 saturated carbocycles. The standard InChI is InChI=1S/C23H26N4O4S/c1-17-23(32(29,30)26-12-14-31-15-13-26)18(2)27(25-17)16-22(28)24-21-11-7-6-10-20(21)19-8-4-3-5-9-19/h3-11H,12-16H2,1-2H3,(H,24,28). The summed E-state index contributed by atoms with van der Waals surface area (Å²) in [6, 6.07) is 17.4. The number of nitrogens with one attached hydrogen (secondary N) is 1. The average Bonchev–Trinajstić information content (AvgIpc) is 3.08. The van der Waals surface area contributed by atoms with Crippen LogP contribution in [-0.2, 0) is 26.1 Å². The Bertz CT molecular complexity index is 1220. The van der Waals surface area contributed by atoms with E-state index in [-0.39, 0.29) is 17.3 Å². The lowest BCUT2D eigenvalue weighted by Gasteiger charge is -2.26. The van der Waals surface area contributed by atoms with Crippen molar-refractivity contribution in [2.24, 2.45) is 0 Å². The topological polar surface area (TPSA) is 93.5 Å². The Morgan fingerprint density at radius 2 is 1.69 bits per heavy atom. The number of para-hydroxylation sites is 1. The van der Waals surface area contributed by atoms with E-state index < -0.39 is 10.0 Å². The van der Waals surface area contributed by atoms with E-state index in [1.165, 1.54) is 8.99 Å². The van der Waals surface area contributed by atoms with Gasteiger partial charge in [-0.25, -0.2) is 8.42 Å². The third-order valence-corrected chi connectivity index (χ3v) is 7.61. The Balaban J connectivity index is 1.55. The summed E-state index contributed by atoms with van der Waals surface area (Å²) in [5.74, 6) is -0.283. The molecule has 2 aromatic carbocycles. The van der Waals surface area contributed by atoms with Crippen LogP contribution >= 0.6 is 0 Å². The van der Waals surface area contributed by atoms with Gasteiger partial charge in [-0.15, -0.1) is 0 Å². The van der Waals surface area contributed by atoms with E-state index in [9.17, 15) is 13.2 Å². The summed E-state index contributed by atoms with van der Waals surface area (Å²) >= 11 is 0. The Hall–Kier alpha value is -3.01. The molecule has 0 atom stereocenters. The van der Waals surface area contributed by atoms with E-state index in [0.717, 1.165) is 11.1 Å². The summed E-state index contributed by atoms with van der Waals surface area (Å²) in [5, 5.41) is 7.29. The van der Waals surface area contributed by atoms with Gasteiger partial charge >= 0.3 is 0 Å². The number of nitrogens with zero attached hydrogens (tertiary/aromatic N) is 3. The molecule has 2 heterocycles. The number of amides is 1. The van der Waals surface area contributed by atoms with Crippen LogP contribution in [0.1, 0.15) is 11.4 Å². The third-order valence-electron chi connectivity index (χ3n) is 5.46. The van der Waals surface area contributed by atoms with E-state index in [4.69, 9.17) is 4.74 Å². The number of anilines is 1. The minimum atomic E-state index is -3.70. The van der Waals surface area contributed by atoms with Crippen molar-refractivity contribution in [3.63, 3.8) is 0 Å². The zero-order chi connectivity index (χ0) is 22.7. The van der Waals surface area contributed by atoms with Gasteiger partial charge in [-0.3, -0.25) is 9.48 Å². The summed E-state index contributed by atoms with van der Waals surface area (Å²) in [4.78, 5) is 13.0. The fraction of sp³-hybridized carbons (Fsp3) is 0.304. The largest absolute Gasteiger partial charge is 0.379 e. The molecule has 1 N–H and O–H groups in total. The second kappa shape index (κ2) is 9.23. The molecule has 0 unspecified atom stereocenters. The van der Waals surface area contributed by atoms with Gasteiger partial charge in [-0.2, -0.15) is 9.40 Å². The number of hydrogen-bond donors (Lipinski definition) is 1. The van der Waals surface area contributed by atoms with Crippen LogP contribution in [0.15, 0.2) is 59.5 Å². The molecule has 168 valence electrons. The van der Waals surface area contributed by atoms with Gasteiger partial charge in [-0.1, -0.05) is 48.5 Å². The molecule has 1 saturated heterocycles. The maximum absolute atomic E-state index is 13.1. The third kappa shape index (κ3) is 4.45. The molecule has 0 spiro atoms. The van der Waals surface area contributed by atoms with Gasteiger partial charge in [0.05, 0.1) is 24.6 Å². The van der Waals surface area contributed by atoms with Crippen LogP contribution in [0.3, 0.4) is 0 Å². The maximum Gasteiger partial charge on any atom is 0.246 e. The second-order valence-corrected chi connectivity index (χ2v) is 9.51. The van der Waals surface area contributed by atoms with Crippen molar-refractivity contribution in [3.8, 4) is 11.1 Å². The lowest BCUT2D eigenvalue weighted by atomic mass is 10.0. The molecule has 0 aliphatic carbocycles. The Morgan fingerprint density at radius 3 is 2.41 bits per heavy atom. The first-order chi connectivity index (χ1) is 15.4. The molecular formula is C23H26N4O4S. The average molecular weight is 455 g/mol. The van der Waals surface area contributed by atoms with Crippen LogP contribution in [0.25, 0.3) is 11.1 Å². The summed E-state index contributed by atoms with van der Waals surface area (Å²) in [6.45, 7) is 4.60. The van der Waals surface area contributed by atoms with Crippen LogP contribution in [-0.4, -0.2) is 54.7 Å². The lowest BCUT2D eigenvalue weighted by Crippen LogP contribution is -2.41. The number of benzene rings is 2. The summed E-state index contributed by atoms with van der Waals surface area (Å²) in [7, 11) is -3.70. The quantitative estimate of drug-likeness (QED) is 0.618. The zero-order valence-electron chi connectivity index (χ0n) is 18.1. The van der Waals surface area contributed by atoms with Gasteiger partial charge in [0.15, 0.2) is 0 Å². The molecule has 3 aromatic rings. The van der Waals surface area contributed by atoms with E-state index in [0.29, 0.717) is 43.4 Å². The normalized spacial score (nSPS) is 14.9. The Labute approximate surface area is 187 Å². The molecule has 0 bridgehead atoms. The van der Waals surface area contributed by atoms with Crippen molar-refractivity contribution in [2.75, 3.05) is 31.6 Å².